The Morgan fingerprint density at radius 1 is 0.350 bits per heavy atom. The van der Waals surface area contributed by atoms with Gasteiger partial charge in [0.1, 0.15) is 0 Å². The van der Waals surface area contributed by atoms with Crippen molar-refractivity contribution in [3.63, 3.8) is 0 Å². The topological polar surface area (TPSA) is 0 Å². The van der Waals surface area contributed by atoms with Gasteiger partial charge in [-0.05, 0) is 153 Å². The molecule has 1 atom stereocenters. The maximum Gasteiger partial charge on any atom is 0.0713 e. The second-order valence-corrected chi connectivity index (χ2v) is 17.8. The summed E-state index contributed by atoms with van der Waals surface area (Å²) in [7, 11) is 0. The van der Waals surface area contributed by atoms with Crippen molar-refractivity contribution in [3.8, 4) is 44.5 Å². The van der Waals surface area contributed by atoms with Crippen molar-refractivity contribution in [3.05, 3.63) is 249 Å². The van der Waals surface area contributed by atoms with Crippen LogP contribution < -0.4 is 0 Å². The summed E-state index contributed by atoms with van der Waals surface area (Å²) >= 11 is 0. The van der Waals surface area contributed by atoms with Crippen LogP contribution in [-0.2, 0) is 17.3 Å². The molecule has 0 saturated carbocycles. The Hall–Kier alpha value is -6.76. The van der Waals surface area contributed by atoms with Gasteiger partial charge in [0.15, 0.2) is 0 Å². The number of aryl methyl sites for hydroxylation is 4. The van der Waals surface area contributed by atoms with Crippen LogP contribution in [0.4, 0.5) is 0 Å². The van der Waals surface area contributed by atoms with Crippen LogP contribution in [0.2, 0.25) is 0 Å². The lowest BCUT2D eigenvalue weighted by atomic mass is 9.67. The van der Waals surface area contributed by atoms with Gasteiger partial charge in [-0.3, -0.25) is 0 Å². The van der Waals surface area contributed by atoms with Gasteiger partial charge in [-0.15, -0.1) is 0 Å². The number of rotatable bonds is 6. The van der Waals surface area contributed by atoms with E-state index in [-0.39, 0.29) is 5.41 Å². The monoisotopic (exact) mass is 768 g/mol. The molecule has 11 rings (SSSR count). The molecule has 0 heteroatoms. The van der Waals surface area contributed by atoms with E-state index in [0.717, 1.165) is 6.42 Å². The third-order valence-corrected chi connectivity index (χ3v) is 13.9. The van der Waals surface area contributed by atoms with Crippen molar-refractivity contribution in [2.45, 2.75) is 51.9 Å². The second kappa shape index (κ2) is 13.7. The van der Waals surface area contributed by atoms with E-state index in [0.29, 0.717) is 0 Å². The molecule has 2 aliphatic carbocycles. The molecule has 0 nitrogen and oxygen atoms in total. The molecule has 0 amide bonds. The number of fused-ring (bicyclic) bond motifs is 7. The highest BCUT2D eigenvalue weighted by atomic mass is 14.5. The molecule has 1 unspecified atom stereocenters. The summed E-state index contributed by atoms with van der Waals surface area (Å²) < 4.78 is 0. The van der Waals surface area contributed by atoms with Gasteiger partial charge in [-0.25, -0.2) is 0 Å². The molecule has 0 fully saturated rings. The third kappa shape index (κ3) is 5.51. The van der Waals surface area contributed by atoms with Gasteiger partial charge in [-0.1, -0.05) is 193 Å². The van der Waals surface area contributed by atoms with Crippen molar-refractivity contribution in [1.82, 2.24) is 0 Å². The van der Waals surface area contributed by atoms with Crippen LogP contribution in [0.5, 0.6) is 0 Å². The SMILES string of the molecule is Cc1ccc(-c2ccc3c(c2)C(C)(Cc2cccc4c2-c2ccc(-c5ccc(C)cc5)cc2C4(c2ccc(C)cc2)c2ccc(C)cc2)c2cc4ccccc4cc2-3)cc1. The summed E-state index contributed by atoms with van der Waals surface area (Å²) in [6, 6.07) is 72.2. The minimum absolute atomic E-state index is 0.286. The van der Waals surface area contributed by atoms with Gasteiger partial charge in [0.05, 0.1) is 5.41 Å². The fourth-order valence-electron chi connectivity index (χ4n) is 10.7. The van der Waals surface area contributed by atoms with E-state index < -0.39 is 5.41 Å². The molecule has 0 heterocycles. The van der Waals surface area contributed by atoms with Crippen LogP contribution in [0.15, 0.2) is 188 Å². The molecule has 0 radical (unpaired) electrons. The van der Waals surface area contributed by atoms with Gasteiger partial charge in [-0.2, -0.15) is 0 Å². The molecule has 0 spiro atoms. The van der Waals surface area contributed by atoms with Crippen LogP contribution in [-0.4, -0.2) is 0 Å². The zero-order valence-electron chi connectivity index (χ0n) is 35.1. The number of hydrogen-bond acceptors (Lipinski definition) is 0. The van der Waals surface area contributed by atoms with Crippen LogP contribution in [0.3, 0.4) is 0 Å². The molecule has 0 aromatic heterocycles. The smallest absolute Gasteiger partial charge is 0.0616 e. The fraction of sp³-hybridized carbons (Fsp3) is 0.133. The van der Waals surface area contributed by atoms with Crippen LogP contribution in [0, 0.1) is 27.7 Å². The van der Waals surface area contributed by atoms with Crippen molar-refractivity contribution < 1.29 is 0 Å². The molecule has 288 valence electrons. The zero-order chi connectivity index (χ0) is 40.8. The third-order valence-electron chi connectivity index (χ3n) is 13.9. The lowest BCUT2D eigenvalue weighted by molar-refractivity contribution is 0.584. The van der Waals surface area contributed by atoms with E-state index >= 15 is 0 Å². The summed E-state index contributed by atoms with van der Waals surface area (Å²) in [5.74, 6) is 0. The average Bonchev–Trinajstić information content (AvgIpc) is 3.70. The first-order valence-electron chi connectivity index (χ1n) is 21.4. The van der Waals surface area contributed by atoms with Gasteiger partial charge >= 0.3 is 0 Å². The lowest BCUT2D eigenvalue weighted by Gasteiger charge is -2.35. The predicted molar refractivity (Wildman–Crippen MR) is 253 cm³/mol. The molecule has 0 bridgehead atoms. The minimum atomic E-state index is -0.510. The first-order chi connectivity index (χ1) is 29.2. The normalized spacial score (nSPS) is 15.7. The maximum absolute atomic E-state index is 2.51. The summed E-state index contributed by atoms with van der Waals surface area (Å²) in [5.41, 5.74) is 24.2. The Morgan fingerprint density at radius 3 is 1.38 bits per heavy atom. The van der Waals surface area contributed by atoms with Crippen LogP contribution >= 0.6 is 0 Å². The van der Waals surface area contributed by atoms with E-state index in [4.69, 9.17) is 0 Å². The summed E-state index contributed by atoms with van der Waals surface area (Å²) in [6.07, 6.45) is 0.864. The van der Waals surface area contributed by atoms with E-state index in [1.54, 1.807) is 0 Å². The molecule has 0 saturated heterocycles. The number of benzene rings is 9. The molecular formula is C60H48. The quantitative estimate of drug-likeness (QED) is 0.158. The number of hydrogen-bond donors (Lipinski definition) is 0. The average molecular weight is 769 g/mol. The predicted octanol–water partition coefficient (Wildman–Crippen LogP) is 15.3. The molecule has 60 heavy (non-hydrogen) atoms. The van der Waals surface area contributed by atoms with E-state index in [1.165, 1.54) is 116 Å². The standard InChI is InChI=1S/C60H48/c1-38-13-21-42(22-14-38)46-25-31-51-53-33-44-9-6-7-10-45(44)34-56(53)59(5,55(51)35-46)37-48-11-8-12-54-58(48)52-32-26-47(43-23-15-39(2)16-24-43)36-57(52)60(54,49-27-17-40(3)18-28-49)50-29-19-41(4)20-30-50/h6-36H,37H2,1-5H3. The van der Waals surface area contributed by atoms with E-state index in [2.05, 4.69) is 223 Å². The van der Waals surface area contributed by atoms with Gasteiger partial charge in [0.25, 0.3) is 0 Å². The summed E-state index contributed by atoms with van der Waals surface area (Å²) in [5, 5.41) is 2.58. The molecular weight excluding hydrogens is 721 g/mol. The molecule has 9 aromatic carbocycles. The van der Waals surface area contributed by atoms with Crippen molar-refractivity contribution >= 4 is 10.8 Å². The Balaban J connectivity index is 1.18. The zero-order valence-corrected chi connectivity index (χ0v) is 35.1. The lowest BCUT2D eigenvalue weighted by Crippen LogP contribution is -2.29. The van der Waals surface area contributed by atoms with Crippen molar-refractivity contribution in [2.75, 3.05) is 0 Å². The van der Waals surface area contributed by atoms with Crippen molar-refractivity contribution in [1.29, 1.82) is 0 Å². The highest BCUT2D eigenvalue weighted by Crippen LogP contribution is 2.60. The van der Waals surface area contributed by atoms with Crippen LogP contribution in [0.25, 0.3) is 55.3 Å². The van der Waals surface area contributed by atoms with Crippen LogP contribution in [0.1, 0.15) is 68.1 Å². The highest BCUT2D eigenvalue weighted by molar-refractivity contribution is 5.95. The van der Waals surface area contributed by atoms with E-state index in [1.807, 2.05) is 0 Å². The second-order valence-electron chi connectivity index (χ2n) is 17.8. The minimum Gasteiger partial charge on any atom is -0.0616 e. The summed E-state index contributed by atoms with van der Waals surface area (Å²) in [4.78, 5) is 0. The molecule has 0 aliphatic heterocycles. The first-order valence-corrected chi connectivity index (χ1v) is 21.4. The Morgan fingerprint density at radius 2 is 0.817 bits per heavy atom. The Kier molecular flexibility index (Phi) is 8.27. The molecule has 2 aliphatic rings. The highest BCUT2D eigenvalue weighted by Gasteiger charge is 2.48. The largest absolute Gasteiger partial charge is 0.0713 e. The Bertz CT molecular complexity index is 3080. The first kappa shape index (κ1) is 36.3. The van der Waals surface area contributed by atoms with Gasteiger partial charge in [0, 0.05) is 5.41 Å². The summed E-state index contributed by atoms with van der Waals surface area (Å²) in [6.45, 7) is 11.2. The van der Waals surface area contributed by atoms with E-state index in [9.17, 15) is 0 Å². The Labute approximate surface area is 354 Å². The van der Waals surface area contributed by atoms with Gasteiger partial charge in [0.2, 0.25) is 0 Å². The molecule has 9 aromatic rings. The fourth-order valence-corrected chi connectivity index (χ4v) is 10.7. The van der Waals surface area contributed by atoms with Gasteiger partial charge < -0.3 is 0 Å². The maximum atomic E-state index is 2.51. The van der Waals surface area contributed by atoms with Crippen molar-refractivity contribution in [2.24, 2.45) is 0 Å². The molecule has 0 N–H and O–H groups in total.